The molecule has 1 saturated heterocycles. The van der Waals surface area contributed by atoms with Crippen LogP contribution in [0, 0.1) is 0 Å². The quantitative estimate of drug-likeness (QED) is 0.601. The number of nitrogen functional groups attached to an aromatic ring is 1. The van der Waals surface area contributed by atoms with Gasteiger partial charge in [0, 0.05) is 43.9 Å². The minimum absolute atomic E-state index is 0.148. The summed E-state index contributed by atoms with van der Waals surface area (Å²) in [7, 11) is 0. The van der Waals surface area contributed by atoms with Crippen LogP contribution in [0.4, 0.5) is 10.6 Å². The molecule has 178 valence electrons. The molecule has 2 heterocycles. The number of piperazine rings is 1. The van der Waals surface area contributed by atoms with Crippen molar-refractivity contribution in [2.24, 2.45) is 0 Å². The van der Waals surface area contributed by atoms with E-state index < -0.39 is 5.60 Å². The number of rotatable bonds is 4. The Morgan fingerprint density at radius 2 is 1.68 bits per heavy atom. The van der Waals surface area contributed by atoms with Gasteiger partial charge in [0.1, 0.15) is 11.4 Å². The van der Waals surface area contributed by atoms with Crippen molar-refractivity contribution in [1.82, 2.24) is 20.0 Å². The molecule has 1 fully saturated rings. The zero-order valence-electron chi connectivity index (χ0n) is 19.9. The van der Waals surface area contributed by atoms with Gasteiger partial charge >= 0.3 is 6.09 Å². The van der Waals surface area contributed by atoms with Crippen molar-refractivity contribution >= 4 is 11.9 Å². The van der Waals surface area contributed by atoms with Crippen LogP contribution in [0.15, 0.2) is 54.6 Å². The van der Waals surface area contributed by atoms with Crippen LogP contribution in [0.3, 0.4) is 0 Å². The van der Waals surface area contributed by atoms with Crippen molar-refractivity contribution < 1.29 is 14.6 Å². The van der Waals surface area contributed by atoms with Crippen LogP contribution >= 0.6 is 0 Å². The fraction of sp³-hybridized carbons (Fsp3) is 0.346. The molecule has 1 amide bonds. The molecule has 3 aromatic rings. The van der Waals surface area contributed by atoms with Gasteiger partial charge in [-0.25, -0.2) is 4.79 Å². The standard InChI is InChI=1S/C26H31N5O3/c1-26(2,3)34-25(33)31-14-12-30(13-15-31)17-18-8-10-19(11-9-18)21-16-22(28-29-24(21)27)20-6-4-5-7-23(20)32/h4-11,16,32H,12-15,17H2,1-3H3,(H2,27,29). The summed E-state index contributed by atoms with van der Waals surface area (Å²) >= 11 is 0. The summed E-state index contributed by atoms with van der Waals surface area (Å²) in [4.78, 5) is 16.4. The Kier molecular flexibility index (Phi) is 6.70. The van der Waals surface area contributed by atoms with Crippen LogP contribution in [0.1, 0.15) is 26.3 Å². The summed E-state index contributed by atoms with van der Waals surface area (Å²) in [6.45, 7) is 9.35. The monoisotopic (exact) mass is 461 g/mol. The Balaban J connectivity index is 1.40. The van der Waals surface area contributed by atoms with Crippen LogP contribution in [-0.4, -0.2) is 63.0 Å². The van der Waals surface area contributed by atoms with Gasteiger partial charge in [0.15, 0.2) is 5.82 Å². The number of nitrogens with zero attached hydrogens (tertiary/aromatic N) is 4. The molecule has 1 aliphatic rings. The number of amides is 1. The van der Waals surface area contributed by atoms with E-state index in [1.807, 2.05) is 45.0 Å². The fourth-order valence-electron chi connectivity index (χ4n) is 3.92. The molecule has 0 spiro atoms. The lowest BCUT2D eigenvalue weighted by Crippen LogP contribution is -2.49. The minimum atomic E-state index is -0.480. The number of carbonyl (C=O) groups is 1. The van der Waals surface area contributed by atoms with E-state index in [-0.39, 0.29) is 11.8 Å². The van der Waals surface area contributed by atoms with Gasteiger partial charge in [0.05, 0.1) is 5.69 Å². The first-order valence-corrected chi connectivity index (χ1v) is 11.4. The Morgan fingerprint density at radius 1 is 1.00 bits per heavy atom. The second kappa shape index (κ2) is 9.69. The SMILES string of the molecule is CC(C)(C)OC(=O)N1CCN(Cc2ccc(-c3cc(-c4ccccc4O)nnc3N)cc2)CC1. The van der Waals surface area contributed by atoms with Gasteiger partial charge in [0.2, 0.25) is 0 Å². The van der Waals surface area contributed by atoms with Gasteiger partial charge in [-0.1, -0.05) is 36.4 Å². The number of anilines is 1. The van der Waals surface area contributed by atoms with E-state index in [2.05, 4.69) is 27.2 Å². The Hall–Kier alpha value is -3.65. The third-order valence-electron chi connectivity index (χ3n) is 5.70. The molecule has 1 aliphatic heterocycles. The molecule has 0 radical (unpaired) electrons. The summed E-state index contributed by atoms with van der Waals surface area (Å²) < 4.78 is 5.47. The molecule has 8 heteroatoms. The second-order valence-corrected chi connectivity index (χ2v) is 9.49. The predicted molar refractivity (Wildman–Crippen MR) is 132 cm³/mol. The number of aromatic nitrogens is 2. The van der Waals surface area contributed by atoms with E-state index in [0.29, 0.717) is 30.2 Å². The van der Waals surface area contributed by atoms with Gasteiger partial charge < -0.3 is 20.5 Å². The number of hydrogen-bond donors (Lipinski definition) is 2. The largest absolute Gasteiger partial charge is 0.507 e. The van der Waals surface area contributed by atoms with Crippen LogP contribution in [-0.2, 0) is 11.3 Å². The Bertz CT molecular complexity index is 1150. The van der Waals surface area contributed by atoms with E-state index >= 15 is 0 Å². The van der Waals surface area contributed by atoms with Crippen molar-refractivity contribution in [2.75, 3.05) is 31.9 Å². The molecule has 4 rings (SSSR count). The topological polar surface area (TPSA) is 105 Å². The van der Waals surface area contributed by atoms with E-state index in [0.717, 1.165) is 30.8 Å². The van der Waals surface area contributed by atoms with Crippen molar-refractivity contribution in [3.63, 3.8) is 0 Å². The number of hydrogen-bond acceptors (Lipinski definition) is 7. The first-order valence-electron chi connectivity index (χ1n) is 11.4. The molecule has 0 aliphatic carbocycles. The lowest BCUT2D eigenvalue weighted by atomic mass is 10.0. The smallest absolute Gasteiger partial charge is 0.410 e. The van der Waals surface area contributed by atoms with Crippen molar-refractivity contribution in [1.29, 1.82) is 0 Å². The normalized spacial score (nSPS) is 14.7. The highest BCUT2D eigenvalue weighted by atomic mass is 16.6. The maximum absolute atomic E-state index is 12.3. The molecular formula is C26H31N5O3. The number of phenols is 1. The minimum Gasteiger partial charge on any atom is -0.507 e. The number of benzene rings is 2. The highest BCUT2D eigenvalue weighted by molar-refractivity contribution is 5.79. The van der Waals surface area contributed by atoms with Gasteiger partial charge in [-0.3, -0.25) is 4.90 Å². The zero-order valence-corrected chi connectivity index (χ0v) is 19.9. The zero-order chi connectivity index (χ0) is 24.3. The molecule has 3 N–H and O–H groups in total. The van der Waals surface area contributed by atoms with E-state index in [9.17, 15) is 9.90 Å². The van der Waals surface area contributed by atoms with Gasteiger partial charge in [-0.05, 0) is 50.1 Å². The molecule has 0 saturated carbocycles. The molecule has 34 heavy (non-hydrogen) atoms. The van der Waals surface area contributed by atoms with E-state index in [1.165, 1.54) is 5.56 Å². The third kappa shape index (κ3) is 5.63. The fourth-order valence-corrected chi connectivity index (χ4v) is 3.92. The number of para-hydroxylation sites is 1. The summed E-state index contributed by atoms with van der Waals surface area (Å²) in [6, 6.07) is 17.1. The van der Waals surface area contributed by atoms with Crippen LogP contribution in [0.2, 0.25) is 0 Å². The predicted octanol–water partition coefficient (Wildman–Crippen LogP) is 4.15. The van der Waals surface area contributed by atoms with E-state index in [4.69, 9.17) is 10.5 Å². The van der Waals surface area contributed by atoms with E-state index in [1.54, 1.807) is 23.1 Å². The summed E-state index contributed by atoms with van der Waals surface area (Å²) in [5, 5.41) is 18.4. The van der Waals surface area contributed by atoms with Gasteiger partial charge in [0.25, 0.3) is 0 Å². The second-order valence-electron chi connectivity index (χ2n) is 9.49. The first kappa shape index (κ1) is 23.5. The maximum atomic E-state index is 12.3. The average Bonchev–Trinajstić information content (AvgIpc) is 2.80. The van der Waals surface area contributed by atoms with Gasteiger partial charge in [-0.15, -0.1) is 10.2 Å². The maximum Gasteiger partial charge on any atom is 0.410 e. The lowest BCUT2D eigenvalue weighted by molar-refractivity contribution is 0.0139. The lowest BCUT2D eigenvalue weighted by Gasteiger charge is -2.35. The molecule has 8 nitrogen and oxygen atoms in total. The van der Waals surface area contributed by atoms with Crippen molar-refractivity contribution in [3.05, 3.63) is 60.2 Å². The summed E-state index contributed by atoms with van der Waals surface area (Å²) in [5.74, 6) is 0.486. The molecule has 0 unspecified atom stereocenters. The molecule has 2 aromatic carbocycles. The highest BCUT2D eigenvalue weighted by Crippen LogP contribution is 2.32. The molecular weight excluding hydrogens is 430 g/mol. The summed E-state index contributed by atoms with van der Waals surface area (Å²) in [6.07, 6.45) is -0.247. The Labute approximate surface area is 200 Å². The van der Waals surface area contributed by atoms with Gasteiger partial charge in [-0.2, -0.15) is 0 Å². The highest BCUT2D eigenvalue weighted by Gasteiger charge is 2.25. The Morgan fingerprint density at radius 3 is 2.32 bits per heavy atom. The van der Waals surface area contributed by atoms with Crippen LogP contribution < -0.4 is 5.73 Å². The van der Waals surface area contributed by atoms with Crippen LogP contribution in [0.5, 0.6) is 5.75 Å². The average molecular weight is 462 g/mol. The molecule has 0 atom stereocenters. The number of carbonyl (C=O) groups excluding carboxylic acids is 1. The summed E-state index contributed by atoms with van der Waals surface area (Å²) in [5.41, 5.74) is 9.69. The third-order valence-corrected chi connectivity index (χ3v) is 5.70. The van der Waals surface area contributed by atoms with Crippen molar-refractivity contribution in [2.45, 2.75) is 32.9 Å². The number of nitrogens with two attached hydrogens (primary N) is 1. The molecule has 0 bridgehead atoms. The number of ether oxygens (including phenoxy) is 1. The van der Waals surface area contributed by atoms with Crippen molar-refractivity contribution in [3.8, 4) is 28.1 Å². The molecule has 1 aromatic heterocycles. The van der Waals surface area contributed by atoms with Crippen LogP contribution in [0.25, 0.3) is 22.4 Å². The number of phenolic OH excluding ortho intramolecular Hbond substituents is 1. The first-order chi connectivity index (χ1) is 16.2. The number of aromatic hydroxyl groups is 1.